The van der Waals surface area contributed by atoms with E-state index in [9.17, 15) is 4.79 Å². The summed E-state index contributed by atoms with van der Waals surface area (Å²) in [5, 5.41) is 16.6. The molecule has 0 spiro atoms. The molecule has 12 heavy (non-hydrogen) atoms. The number of carboxylic acids is 1. The maximum Gasteiger partial charge on any atom is 0.320 e. The maximum absolute atomic E-state index is 10.2. The second kappa shape index (κ2) is 6.62. The fourth-order valence-corrected chi connectivity index (χ4v) is 0.869. The zero-order valence-corrected chi connectivity index (χ0v) is 6.99. The van der Waals surface area contributed by atoms with Crippen molar-refractivity contribution < 1.29 is 9.90 Å². The molecule has 0 radical (unpaired) electrons. The molecule has 0 aromatic carbocycles. The van der Waals surface area contributed by atoms with E-state index in [1.54, 1.807) is 0 Å². The number of hydrogen-bond donors (Lipinski definition) is 2. The van der Waals surface area contributed by atoms with E-state index in [0.717, 1.165) is 19.3 Å². The number of hydrogen-bond acceptors (Lipinski definition) is 3. The third kappa shape index (κ3) is 5.69. The normalized spacial score (nSPS) is 12.0. The molecule has 1 atom stereocenters. The predicted molar refractivity (Wildman–Crippen MR) is 44.3 cm³/mol. The Labute approximate surface area is 72.0 Å². The number of rotatable bonds is 6. The lowest BCUT2D eigenvalue weighted by molar-refractivity contribution is -0.138. The highest BCUT2D eigenvalue weighted by atomic mass is 16.4. The van der Waals surface area contributed by atoms with Crippen molar-refractivity contribution in [1.29, 1.82) is 5.26 Å². The molecule has 3 N–H and O–H groups in total. The Hall–Kier alpha value is -1.08. The van der Waals surface area contributed by atoms with Crippen LogP contribution >= 0.6 is 0 Å². The Kier molecular flexibility index (Phi) is 6.02. The van der Waals surface area contributed by atoms with Crippen molar-refractivity contribution in [2.24, 2.45) is 5.73 Å². The number of nitriles is 1. The molecule has 4 nitrogen and oxygen atoms in total. The van der Waals surface area contributed by atoms with Crippen LogP contribution in [0.1, 0.15) is 32.1 Å². The molecule has 4 heteroatoms. The van der Waals surface area contributed by atoms with Crippen molar-refractivity contribution >= 4 is 5.97 Å². The number of nitrogens with zero attached hydrogens (tertiary/aromatic N) is 1. The monoisotopic (exact) mass is 170 g/mol. The van der Waals surface area contributed by atoms with Crippen LogP contribution < -0.4 is 5.73 Å². The molecule has 0 aromatic rings. The summed E-state index contributed by atoms with van der Waals surface area (Å²) in [4.78, 5) is 10.2. The SMILES string of the molecule is N#CCCCCC[C@@H](N)C(=O)O. The lowest BCUT2D eigenvalue weighted by Gasteiger charge is -2.04. The van der Waals surface area contributed by atoms with E-state index in [-0.39, 0.29) is 0 Å². The van der Waals surface area contributed by atoms with Crippen LogP contribution in [-0.4, -0.2) is 17.1 Å². The van der Waals surface area contributed by atoms with Gasteiger partial charge in [0.2, 0.25) is 0 Å². The summed E-state index contributed by atoms with van der Waals surface area (Å²) >= 11 is 0. The van der Waals surface area contributed by atoms with Crippen molar-refractivity contribution in [3.63, 3.8) is 0 Å². The number of aliphatic carboxylic acids is 1. The largest absolute Gasteiger partial charge is 0.480 e. The Morgan fingerprint density at radius 1 is 1.50 bits per heavy atom. The van der Waals surface area contributed by atoms with Crippen molar-refractivity contribution in [2.45, 2.75) is 38.1 Å². The van der Waals surface area contributed by atoms with Gasteiger partial charge >= 0.3 is 5.97 Å². The summed E-state index contributed by atoms with van der Waals surface area (Å²) < 4.78 is 0. The summed E-state index contributed by atoms with van der Waals surface area (Å²) in [5.41, 5.74) is 5.27. The number of carboxylic acid groups (broad SMARTS) is 1. The number of nitrogens with two attached hydrogens (primary N) is 1. The van der Waals surface area contributed by atoms with E-state index in [0.29, 0.717) is 12.8 Å². The average molecular weight is 170 g/mol. The molecule has 0 aromatic heterocycles. The Morgan fingerprint density at radius 2 is 2.17 bits per heavy atom. The summed E-state index contributed by atoms with van der Waals surface area (Å²) in [5.74, 6) is -0.949. The topological polar surface area (TPSA) is 87.1 Å². The second-order valence-corrected chi connectivity index (χ2v) is 2.70. The van der Waals surface area contributed by atoms with E-state index in [4.69, 9.17) is 16.1 Å². The molecule has 0 aliphatic heterocycles. The van der Waals surface area contributed by atoms with E-state index in [2.05, 4.69) is 0 Å². The van der Waals surface area contributed by atoms with Gasteiger partial charge in [-0.25, -0.2) is 0 Å². The maximum atomic E-state index is 10.2. The summed E-state index contributed by atoms with van der Waals surface area (Å²) in [6, 6.07) is 1.29. The van der Waals surface area contributed by atoms with Gasteiger partial charge in [0.15, 0.2) is 0 Å². The van der Waals surface area contributed by atoms with E-state index in [1.807, 2.05) is 6.07 Å². The molecule has 0 amide bonds. The van der Waals surface area contributed by atoms with Gasteiger partial charge in [0.05, 0.1) is 6.07 Å². The van der Waals surface area contributed by atoms with E-state index in [1.165, 1.54) is 0 Å². The van der Waals surface area contributed by atoms with Gasteiger partial charge in [-0.2, -0.15) is 5.26 Å². The minimum Gasteiger partial charge on any atom is -0.480 e. The standard InChI is InChI=1S/C8H14N2O2/c9-6-4-2-1-3-5-7(10)8(11)12/h7H,1-5,10H2,(H,11,12)/t7-/m1/s1. The van der Waals surface area contributed by atoms with Crippen LogP contribution in [0.3, 0.4) is 0 Å². The molecule has 0 saturated carbocycles. The van der Waals surface area contributed by atoms with Crippen molar-refractivity contribution in [3.05, 3.63) is 0 Å². The summed E-state index contributed by atoms with van der Waals surface area (Å²) in [6.45, 7) is 0. The molecule has 68 valence electrons. The van der Waals surface area contributed by atoms with Crippen LogP contribution in [0.25, 0.3) is 0 Å². The first-order chi connectivity index (χ1) is 5.68. The molecule has 0 aliphatic rings. The first kappa shape index (κ1) is 10.9. The van der Waals surface area contributed by atoms with Crippen LogP contribution in [0, 0.1) is 11.3 Å². The minimum atomic E-state index is -0.949. The molecule has 0 bridgehead atoms. The summed E-state index contributed by atoms with van der Waals surface area (Å²) in [7, 11) is 0. The van der Waals surface area contributed by atoms with Crippen LogP contribution in [0.15, 0.2) is 0 Å². The van der Waals surface area contributed by atoms with Crippen molar-refractivity contribution in [1.82, 2.24) is 0 Å². The Balaban J connectivity index is 3.21. The zero-order valence-electron chi connectivity index (χ0n) is 6.99. The van der Waals surface area contributed by atoms with Crippen LogP contribution in [0.4, 0.5) is 0 Å². The molecular weight excluding hydrogens is 156 g/mol. The summed E-state index contributed by atoms with van der Waals surface area (Å²) in [6.07, 6.45) is 3.55. The average Bonchev–Trinajstić information content (AvgIpc) is 2.03. The van der Waals surface area contributed by atoms with Gasteiger partial charge < -0.3 is 10.8 Å². The highest BCUT2D eigenvalue weighted by Gasteiger charge is 2.09. The zero-order chi connectivity index (χ0) is 9.40. The highest BCUT2D eigenvalue weighted by molar-refractivity contribution is 5.72. The van der Waals surface area contributed by atoms with Gasteiger partial charge in [0.1, 0.15) is 6.04 Å². The fourth-order valence-electron chi connectivity index (χ4n) is 0.869. The smallest absolute Gasteiger partial charge is 0.320 e. The number of unbranched alkanes of at least 4 members (excludes halogenated alkanes) is 3. The molecular formula is C8H14N2O2. The van der Waals surface area contributed by atoms with Gasteiger partial charge in [0, 0.05) is 6.42 Å². The van der Waals surface area contributed by atoms with Crippen molar-refractivity contribution in [2.75, 3.05) is 0 Å². The molecule has 0 saturated heterocycles. The first-order valence-corrected chi connectivity index (χ1v) is 4.04. The van der Waals surface area contributed by atoms with Gasteiger partial charge in [0.25, 0.3) is 0 Å². The van der Waals surface area contributed by atoms with E-state index >= 15 is 0 Å². The predicted octanol–water partition coefficient (Wildman–Crippen LogP) is 0.872. The Bertz CT molecular complexity index is 174. The third-order valence-corrected chi connectivity index (χ3v) is 1.62. The van der Waals surface area contributed by atoms with Crippen LogP contribution in [0.5, 0.6) is 0 Å². The lowest BCUT2D eigenvalue weighted by atomic mass is 10.1. The van der Waals surface area contributed by atoms with Gasteiger partial charge in [-0.3, -0.25) is 4.79 Å². The second-order valence-electron chi connectivity index (χ2n) is 2.70. The van der Waals surface area contributed by atoms with Gasteiger partial charge in [-0.1, -0.05) is 12.8 Å². The van der Waals surface area contributed by atoms with E-state index < -0.39 is 12.0 Å². The minimum absolute atomic E-state index is 0.501. The quantitative estimate of drug-likeness (QED) is 0.579. The van der Waals surface area contributed by atoms with Crippen LogP contribution in [-0.2, 0) is 4.79 Å². The molecule has 0 heterocycles. The number of carbonyl (C=O) groups is 1. The third-order valence-electron chi connectivity index (χ3n) is 1.62. The first-order valence-electron chi connectivity index (χ1n) is 4.04. The lowest BCUT2D eigenvalue weighted by Crippen LogP contribution is -2.29. The highest BCUT2D eigenvalue weighted by Crippen LogP contribution is 2.04. The molecule has 0 rings (SSSR count). The molecule has 0 fully saturated rings. The Morgan fingerprint density at radius 3 is 2.67 bits per heavy atom. The van der Waals surface area contributed by atoms with Gasteiger partial charge in [-0.05, 0) is 12.8 Å². The molecule has 0 aliphatic carbocycles. The van der Waals surface area contributed by atoms with Gasteiger partial charge in [-0.15, -0.1) is 0 Å². The molecule has 0 unspecified atom stereocenters. The fraction of sp³-hybridized carbons (Fsp3) is 0.750. The van der Waals surface area contributed by atoms with Crippen molar-refractivity contribution in [3.8, 4) is 6.07 Å². The van der Waals surface area contributed by atoms with Crippen LogP contribution in [0.2, 0.25) is 0 Å².